The fourth-order valence-corrected chi connectivity index (χ4v) is 6.28. The van der Waals surface area contributed by atoms with Crippen LogP contribution in [0.5, 0.6) is 0 Å². The van der Waals surface area contributed by atoms with Gasteiger partial charge in [-0.05, 0) is 52.0 Å². The number of carbonyl (C=O) groups excluding carboxylic acids is 1. The van der Waals surface area contributed by atoms with Crippen molar-refractivity contribution in [3.63, 3.8) is 0 Å². The number of thioether (sulfide) groups is 2. The van der Waals surface area contributed by atoms with Crippen LogP contribution in [0.2, 0.25) is 0 Å². The van der Waals surface area contributed by atoms with Gasteiger partial charge in [-0.3, -0.25) is 14.6 Å². The van der Waals surface area contributed by atoms with Gasteiger partial charge in [0.2, 0.25) is 0 Å². The lowest BCUT2D eigenvalue weighted by Crippen LogP contribution is -2.38. The van der Waals surface area contributed by atoms with Gasteiger partial charge < -0.3 is 0 Å². The van der Waals surface area contributed by atoms with Gasteiger partial charge in [0.05, 0.1) is 10.6 Å². The first-order chi connectivity index (χ1) is 14.0. The highest BCUT2D eigenvalue weighted by molar-refractivity contribution is 8.14. The van der Waals surface area contributed by atoms with Crippen molar-refractivity contribution in [1.29, 1.82) is 0 Å². The Labute approximate surface area is 199 Å². The second kappa shape index (κ2) is 12.2. The summed E-state index contributed by atoms with van der Waals surface area (Å²) in [5, 5.41) is 0.0456. The van der Waals surface area contributed by atoms with Gasteiger partial charge in [-0.1, -0.05) is 35.7 Å². The van der Waals surface area contributed by atoms with E-state index in [4.69, 9.17) is 0 Å². The fourth-order valence-electron chi connectivity index (χ4n) is 3.41. The van der Waals surface area contributed by atoms with Gasteiger partial charge in [-0.15, -0.1) is 12.4 Å². The summed E-state index contributed by atoms with van der Waals surface area (Å²) in [7, 11) is 0. The molecule has 0 bridgehead atoms. The topological polar surface area (TPSA) is 36.4 Å². The van der Waals surface area contributed by atoms with E-state index in [1.54, 1.807) is 22.9 Å². The zero-order chi connectivity index (χ0) is 20.8. The van der Waals surface area contributed by atoms with E-state index in [1.807, 2.05) is 42.1 Å². The fraction of sp³-hybridized carbons (Fsp3) is 0.455. The van der Waals surface area contributed by atoms with E-state index in [2.05, 4.69) is 43.6 Å². The number of halogens is 1. The average Bonchev–Trinajstić information content (AvgIpc) is 2.70. The van der Waals surface area contributed by atoms with E-state index in [1.165, 1.54) is 11.8 Å². The van der Waals surface area contributed by atoms with Crippen LogP contribution in [0.1, 0.15) is 27.7 Å². The minimum Gasteiger partial charge on any atom is -0.298 e. The Morgan fingerprint density at radius 3 is 2.47 bits per heavy atom. The van der Waals surface area contributed by atoms with Crippen molar-refractivity contribution in [3.05, 3.63) is 42.6 Å². The molecule has 0 spiro atoms. The molecule has 0 saturated carbocycles. The zero-order valence-electron chi connectivity index (χ0n) is 17.9. The van der Waals surface area contributed by atoms with Crippen molar-refractivity contribution < 1.29 is 4.79 Å². The third-order valence-electron chi connectivity index (χ3n) is 4.74. The standard InChI is InChI=1S/C22H29N3OS3.ClH/c1-16(2)24(17(3)4)12-13-27-14-15-28-22(26)25-18-8-5-6-9-19(18)29-20-10-7-11-23-21(20)25;/h5-11,16-17H,12-15H2,1-4H3;1H. The molecule has 0 atom stereocenters. The monoisotopic (exact) mass is 483 g/mol. The first-order valence-electron chi connectivity index (χ1n) is 10.0. The molecular weight excluding hydrogens is 454 g/mol. The number of hydrogen-bond acceptors (Lipinski definition) is 6. The zero-order valence-corrected chi connectivity index (χ0v) is 21.2. The summed E-state index contributed by atoms with van der Waals surface area (Å²) in [6, 6.07) is 13.1. The van der Waals surface area contributed by atoms with Crippen LogP contribution in [-0.4, -0.2) is 51.0 Å². The highest BCUT2D eigenvalue weighted by Crippen LogP contribution is 2.47. The minimum atomic E-state index is 0. The smallest absolute Gasteiger partial charge is 0.291 e. The second-order valence-corrected chi connectivity index (χ2v) is 10.7. The maximum Gasteiger partial charge on any atom is 0.291 e. The average molecular weight is 484 g/mol. The van der Waals surface area contributed by atoms with E-state index >= 15 is 0 Å². The largest absolute Gasteiger partial charge is 0.298 e. The van der Waals surface area contributed by atoms with Gasteiger partial charge in [-0.25, -0.2) is 4.98 Å². The molecule has 8 heteroatoms. The molecule has 0 fully saturated rings. The van der Waals surface area contributed by atoms with Crippen molar-refractivity contribution in [2.24, 2.45) is 0 Å². The van der Waals surface area contributed by atoms with Crippen molar-refractivity contribution in [1.82, 2.24) is 9.88 Å². The van der Waals surface area contributed by atoms with Gasteiger partial charge >= 0.3 is 0 Å². The molecule has 1 aliphatic rings. The molecule has 0 saturated heterocycles. The van der Waals surface area contributed by atoms with Crippen LogP contribution in [0.25, 0.3) is 0 Å². The van der Waals surface area contributed by atoms with Crippen molar-refractivity contribution in [2.45, 2.75) is 49.6 Å². The summed E-state index contributed by atoms with van der Waals surface area (Å²) in [6.07, 6.45) is 1.75. The van der Waals surface area contributed by atoms with Gasteiger partial charge in [0.15, 0.2) is 5.82 Å². The third kappa shape index (κ3) is 6.33. The van der Waals surface area contributed by atoms with Crippen molar-refractivity contribution >= 4 is 64.4 Å². The number of aromatic nitrogens is 1. The molecule has 4 nitrogen and oxygen atoms in total. The lowest BCUT2D eigenvalue weighted by Gasteiger charge is -2.30. The molecule has 0 N–H and O–H groups in total. The van der Waals surface area contributed by atoms with Gasteiger partial charge in [0.1, 0.15) is 0 Å². The van der Waals surface area contributed by atoms with E-state index in [0.29, 0.717) is 12.1 Å². The summed E-state index contributed by atoms with van der Waals surface area (Å²) in [6.45, 7) is 10.1. The quantitative estimate of drug-likeness (QED) is 0.384. The summed E-state index contributed by atoms with van der Waals surface area (Å²) in [4.78, 5) is 24.0. The number of benzene rings is 1. The lowest BCUT2D eigenvalue weighted by molar-refractivity contribution is 0.187. The van der Waals surface area contributed by atoms with Gasteiger partial charge in [0.25, 0.3) is 5.24 Å². The van der Waals surface area contributed by atoms with Crippen LogP contribution in [0, 0.1) is 0 Å². The van der Waals surface area contributed by atoms with Gasteiger partial charge in [0, 0.05) is 47.0 Å². The van der Waals surface area contributed by atoms with Crippen LogP contribution in [0.3, 0.4) is 0 Å². The Balaban J connectivity index is 0.00000320. The van der Waals surface area contributed by atoms with Crippen molar-refractivity contribution in [3.8, 4) is 0 Å². The van der Waals surface area contributed by atoms with E-state index in [-0.39, 0.29) is 17.6 Å². The maximum atomic E-state index is 13.1. The normalized spacial score (nSPS) is 12.7. The molecule has 2 aromatic rings. The SMILES string of the molecule is CC(C)N(CCSCCSC(=O)N1c2ccccc2Sc2cccnc21)C(C)C.Cl. The molecule has 0 aliphatic carbocycles. The Kier molecular flexibility index (Phi) is 10.4. The summed E-state index contributed by atoms with van der Waals surface area (Å²) >= 11 is 4.98. The summed E-state index contributed by atoms with van der Waals surface area (Å²) in [5.74, 6) is 3.62. The van der Waals surface area contributed by atoms with Crippen molar-refractivity contribution in [2.75, 3.05) is 28.7 Å². The van der Waals surface area contributed by atoms with Crippen LogP contribution < -0.4 is 4.90 Å². The predicted octanol–water partition coefficient (Wildman–Crippen LogP) is 6.81. The Morgan fingerprint density at radius 1 is 1.03 bits per heavy atom. The molecule has 1 aliphatic heterocycles. The van der Waals surface area contributed by atoms with Crippen LogP contribution in [-0.2, 0) is 0 Å². The van der Waals surface area contributed by atoms with E-state index in [9.17, 15) is 4.79 Å². The molecule has 1 amide bonds. The lowest BCUT2D eigenvalue weighted by atomic mass is 10.2. The number of hydrogen-bond donors (Lipinski definition) is 0. The Bertz CT molecular complexity index is 781. The van der Waals surface area contributed by atoms with E-state index in [0.717, 1.165) is 45.1 Å². The number of anilines is 2. The molecule has 3 rings (SSSR count). The first kappa shape index (κ1) is 25.4. The summed E-state index contributed by atoms with van der Waals surface area (Å²) in [5.41, 5.74) is 0.929. The van der Waals surface area contributed by atoms with Crippen LogP contribution in [0.15, 0.2) is 52.4 Å². The predicted molar refractivity (Wildman–Crippen MR) is 136 cm³/mol. The molecule has 164 valence electrons. The Morgan fingerprint density at radius 2 is 1.73 bits per heavy atom. The number of amides is 1. The van der Waals surface area contributed by atoms with Crippen LogP contribution in [0.4, 0.5) is 16.3 Å². The number of carbonyl (C=O) groups is 1. The molecule has 0 unspecified atom stereocenters. The number of para-hydroxylation sites is 1. The van der Waals surface area contributed by atoms with Gasteiger partial charge in [-0.2, -0.15) is 11.8 Å². The number of fused-ring (bicyclic) bond motifs is 2. The highest BCUT2D eigenvalue weighted by Gasteiger charge is 2.29. The Hall–Kier alpha value is -0.860. The number of rotatable bonds is 8. The second-order valence-electron chi connectivity index (χ2n) is 7.38. The minimum absolute atomic E-state index is 0. The summed E-state index contributed by atoms with van der Waals surface area (Å²) < 4.78 is 0. The molecule has 0 radical (unpaired) electrons. The highest BCUT2D eigenvalue weighted by atomic mass is 35.5. The molecule has 1 aromatic heterocycles. The first-order valence-corrected chi connectivity index (χ1v) is 13.0. The molecule has 1 aromatic carbocycles. The maximum absolute atomic E-state index is 13.1. The van der Waals surface area contributed by atoms with Crippen LogP contribution >= 0.6 is 47.7 Å². The molecule has 30 heavy (non-hydrogen) atoms. The number of nitrogens with zero attached hydrogens (tertiary/aromatic N) is 3. The third-order valence-corrected chi connectivity index (χ3v) is 7.91. The van der Waals surface area contributed by atoms with E-state index < -0.39 is 0 Å². The molecular formula is C22H30ClN3OS3. The molecule has 2 heterocycles. The number of pyridine rings is 1.